The highest BCUT2D eigenvalue weighted by atomic mass is 14.9. The van der Waals surface area contributed by atoms with Crippen LogP contribution in [0.15, 0.2) is 29.4 Å². The van der Waals surface area contributed by atoms with Gasteiger partial charge in [-0.05, 0) is 19.1 Å². The van der Waals surface area contributed by atoms with Crippen molar-refractivity contribution in [3.05, 3.63) is 29.8 Å². The average molecular weight is 121 g/mol. The Labute approximate surface area is 55.5 Å². The third-order valence-electron chi connectivity index (χ3n) is 1.15. The maximum Gasteiger partial charge on any atom is 0.214 e. The molecular formula is C7H8N2. The molecule has 0 spiro atoms. The van der Waals surface area contributed by atoms with Crippen LogP contribution in [0.25, 0.3) is 0 Å². The maximum absolute atomic E-state index is 6.45. The molecule has 1 aromatic rings. The summed E-state index contributed by atoms with van der Waals surface area (Å²) in [5.41, 5.74) is 4.82. The summed E-state index contributed by atoms with van der Waals surface area (Å²) in [6.07, 6.45) is 0. The van der Waals surface area contributed by atoms with Gasteiger partial charge in [-0.15, -0.1) is 0 Å². The second kappa shape index (κ2) is 2.40. The third-order valence-corrected chi connectivity index (χ3v) is 1.15. The zero-order valence-electron chi connectivity index (χ0n) is 6.20. The molecule has 0 amide bonds. The lowest BCUT2D eigenvalue weighted by Crippen LogP contribution is -1.66. The Hall–Kier alpha value is -1.18. The van der Waals surface area contributed by atoms with Crippen molar-refractivity contribution in [3.63, 3.8) is 0 Å². The minimum atomic E-state index is 0.723. The van der Waals surface area contributed by atoms with E-state index in [0.717, 1.165) is 5.69 Å². The summed E-state index contributed by atoms with van der Waals surface area (Å²) in [5.74, 6) is 0. The second-order valence-corrected chi connectivity index (χ2v) is 1.94. The van der Waals surface area contributed by atoms with Crippen LogP contribution in [0.5, 0.6) is 0 Å². The van der Waals surface area contributed by atoms with Crippen LogP contribution in [0, 0.1) is 12.4 Å². The number of aryl methyl sites for hydroxylation is 1. The van der Waals surface area contributed by atoms with E-state index in [0.29, 0.717) is 0 Å². The van der Waals surface area contributed by atoms with E-state index in [1.54, 1.807) is 0 Å². The van der Waals surface area contributed by atoms with Gasteiger partial charge in [0.05, 0.1) is 5.69 Å². The van der Waals surface area contributed by atoms with Gasteiger partial charge in [-0.3, -0.25) is 0 Å². The molecule has 0 aliphatic rings. The van der Waals surface area contributed by atoms with Gasteiger partial charge in [0.15, 0.2) is 0 Å². The lowest BCUT2D eigenvalue weighted by Gasteiger charge is -1.89. The highest BCUT2D eigenvalue weighted by molar-refractivity contribution is 5.37. The van der Waals surface area contributed by atoms with Gasteiger partial charge < -0.3 is 0 Å². The van der Waals surface area contributed by atoms with Gasteiger partial charge in [0.25, 0.3) is 0 Å². The van der Waals surface area contributed by atoms with Crippen molar-refractivity contribution >= 4 is 5.69 Å². The molecule has 2 heteroatoms. The van der Waals surface area contributed by atoms with Gasteiger partial charge in [-0.25, -0.2) is 5.52 Å². The largest absolute Gasteiger partial charge is 0.214 e. The van der Waals surface area contributed by atoms with Crippen molar-refractivity contribution in [1.82, 2.24) is 0 Å². The summed E-state index contributed by atoms with van der Waals surface area (Å²) in [6, 6.07) is 7.52. The summed E-state index contributed by atoms with van der Waals surface area (Å²) >= 11 is 0. The standard InChI is InChI=1S/C7H8N2/c1-6-2-4-7(9-8)5-3-6/h2-5,8H,1H3/i/hD. The van der Waals surface area contributed by atoms with Gasteiger partial charge in [0.2, 0.25) is 1.41 Å². The molecule has 46 valence electrons. The van der Waals surface area contributed by atoms with Crippen LogP contribution in [-0.2, 0) is 0 Å². The fourth-order valence-corrected chi connectivity index (χ4v) is 0.611. The van der Waals surface area contributed by atoms with E-state index in [4.69, 9.17) is 1.41 Å². The molecule has 0 heterocycles. The molecule has 0 saturated heterocycles. The summed E-state index contributed by atoms with van der Waals surface area (Å²) in [6.45, 7) is 2.00. The number of nitrogens with one attached hydrogen (secondary N) is 1. The number of benzene rings is 1. The normalized spacial score (nSPS) is 11.9. The second-order valence-electron chi connectivity index (χ2n) is 1.94. The van der Waals surface area contributed by atoms with Crippen LogP contribution in [0.3, 0.4) is 0 Å². The van der Waals surface area contributed by atoms with E-state index < -0.39 is 0 Å². The fourth-order valence-electron chi connectivity index (χ4n) is 0.611. The van der Waals surface area contributed by atoms with Gasteiger partial charge in [0, 0.05) is 0 Å². The van der Waals surface area contributed by atoms with Crippen molar-refractivity contribution in [2.75, 3.05) is 0 Å². The Morgan fingerprint density at radius 2 is 2.11 bits per heavy atom. The monoisotopic (exact) mass is 121 g/mol. The van der Waals surface area contributed by atoms with Crippen LogP contribution in [0.4, 0.5) is 5.69 Å². The zero-order valence-corrected chi connectivity index (χ0v) is 5.20. The van der Waals surface area contributed by atoms with Gasteiger partial charge in [-0.1, -0.05) is 17.7 Å². The highest BCUT2D eigenvalue weighted by Crippen LogP contribution is 2.10. The summed E-state index contributed by atoms with van der Waals surface area (Å²) < 4.78 is 6.45. The molecule has 1 rings (SSSR count). The molecule has 0 atom stereocenters. The molecule has 1 N–H and O–H groups in total. The van der Waals surface area contributed by atoms with E-state index in [2.05, 4.69) is 10.6 Å². The topological polar surface area (TPSA) is 36.2 Å². The van der Waals surface area contributed by atoms with E-state index in [1.165, 1.54) is 5.56 Å². The van der Waals surface area contributed by atoms with Crippen LogP contribution in [-0.4, -0.2) is 0 Å². The summed E-state index contributed by atoms with van der Waals surface area (Å²) in [4.78, 5) is 0. The molecule has 0 aliphatic heterocycles. The van der Waals surface area contributed by atoms with E-state index >= 15 is 0 Å². The molecule has 1 aromatic carbocycles. The Morgan fingerprint density at radius 3 is 2.67 bits per heavy atom. The highest BCUT2D eigenvalue weighted by Gasteiger charge is 1.84. The van der Waals surface area contributed by atoms with E-state index in [9.17, 15) is 0 Å². The fraction of sp³-hybridized carbons (Fsp3) is 0.143. The smallest absolute Gasteiger partial charge is 0.204 e. The molecule has 0 radical (unpaired) electrons. The van der Waals surface area contributed by atoms with Crippen LogP contribution in [0.2, 0.25) is 1.41 Å². The van der Waals surface area contributed by atoms with E-state index in [-0.39, 0.29) is 0 Å². The predicted octanol–water partition coefficient (Wildman–Crippen LogP) is 2.66. The Balaban J connectivity index is 2.89. The zero-order chi connectivity index (χ0) is 7.40. The van der Waals surface area contributed by atoms with Crippen LogP contribution < -0.4 is 0 Å². The predicted molar refractivity (Wildman–Crippen MR) is 36.0 cm³/mol. The van der Waals surface area contributed by atoms with Gasteiger partial charge >= 0.3 is 0 Å². The lowest BCUT2D eigenvalue weighted by atomic mass is 10.2. The first kappa shape index (κ1) is 4.68. The quantitative estimate of drug-likeness (QED) is 0.554. The molecule has 0 bridgehead atoms. The van der Waals surface area contributed by atoms with Gasteiger partial charge in [0.1, 0.15) is 0 Å². The first-order chi connectivity index (χ1) is 4.83. The number of hydrogen-bond donors (Lipinski definition) is 1. The molecule has 0 saturated carbocycles. The van der Waals surface area contributed by atoms with Crippen molar-refractivity contribution in [2.45, 2.75) is 6.92 Å². The third kappa shape index (κ3) is 1.35. The SMILES string of the molecule is [2H]N=Nc1ccc(C)cc1. The van der Waals surface area contributed by atoms with Crippen molar-refractivity contribution < 1.29 is 1.41 Å². The minimum absolute atomic E-state index is 0.723. The molecule has 9 heavy (non-hydrogen) atoms. The Kier molecular flexibility index (Phi) is 1.24. The summed E-state index contributed by atoms with van der Waals surface area (Å²) in [7, 11) is 0. The Bertz CT molecular complexity index is 228. The van der Waals surface area contributed by atoms with Crippen molar-refractivity contribution in [3.8, 4) is 0 Å². The van der Waals surface area contributed by atoms with Gasteiger partial charge in [-0.2, -0.15) is 5.11 Å². The summed E-state index contributed by atoms with van der Waals surface area (Å²) in [5, 5.41) is 3.54. The molecule has 0 fully saturated rings. The lowest BCUT2D eigenvalue weighted by molar-refractivity contribution is 1.15. The number of rotatable bonds is 1. The average Bonchev–Trinajstić information content (AvgIpc) is 1.95. The first-order valence-corrected chi connectivity index (χ1v) is 2.74. The molecule has 0 aliphatic carbocycles. The first-order valence-electron chi connectivity index (χ1n) is 3.19. The van der Waals surface area contributed by atoms with E-state index in [1.807, 2.05) is 31.2 Å². The van der Waals surface area contributed by atoms with Crippen LogP contribution in [0.1, 0.15) is 5.56 Å². The molecule has 0 unspecified atom stereocenters. The Morgan fingerprint density at radius 1 is 1.44 bits per heavy atom. The van der Waals surface area contributed by atoms with Crippen molar-refractivity contribution in [2.24, 2.45) is 5.11 Å². The van der Waals surface area contributed by atoms with Crippen molar-refractivity contribution in [1.29, 1.82) is 5.52 Å². The molecule has 0 aromatic heterocycles. The molecule has 2 nitrogen and oxygen atoms in total. The number of nitrogens with zero attached hydrogens (tertiary/aromatic N) is 1. The van der Waals surface area contributed by atoms with Crippen LogP contribution >= 0.6 is 0 Å². The molecular weight excluding hydrogens is 112 g/mol. The minimum Gasteiger partial charge on any atom is -0.204 e. The number of hydrogen-bond acceptors (Lipinski definition) is 2. The maximum atomic E-state index is 6.45.